The molecule has 2 aromatic rings. The highest BCUT2D eigenvalue weighted by molar-refractivity contribution is 6.74. The Labute approximate surface area is 146 Å². The van der Waals surface area contributed by atoms with Crippen molar-refractivity contribution in [3.05, 3.63) is 41.2 Å². The Hall–Kier alpha value is -2.01. The fraction of sp³-hybridized carbons (Fsp3) is 0.421. The van der Waals surface area contributed by atoms with Gasteiger partial charge in [0.2, 0.25) is 0 Å². The number of nitrogens with one attached hydrogen (secondary N) is 1. The van der Waals surface area contributed by atoms with Crippen LogP contribution in [-0.4, -0.2) is 25.6 Å². The molecule has 0 bridgehead atoms. The lowest BCUT2D eigenvalue weighted by Gasteiger charge is -2.37. The zero-order valence-electron chi connectivity index (χ0n) is 15.7. The molecule has 0 amide bonds. The van der Waals surface area contributed by atoms with Crippen LogP contribution in [0.25, 0.3) is 12.2 Å². The van der Waals surface area contributed by atoms with Crippen molar-refractivity contribution in [2.75, 3.05) is 7.11 Å². The molecule has 0 aliphatic rings. The molecule has 0 saturated carbocycles. The maximum Gasteiger partial charge on any atom is 0.250 e. The smallest absolute Gasteiger partial charge is 0.250 e. The predicted octanol–water partition coefficient (Wildman–Crippen LogP) is 5.28. The molecular weight excluding hydrogens is 316 g/mol. The number of nitrogens with zero attached hydrogens (tertiary/aromatic N) is 1. The quantitative estimate of drug-likeness (QED) is 0.751. The Morgan fingerprint density at radius 2 is 1.83 bits per heavy atom. The average Bonchev–Trinajstić information content (AvgIpc) is 2.90. The van der Waals surface area contributed by atoms with Crippen molar-refractivity contribution >= 4 is 20.5 Å². The van der Waals surface area contributed by atoms with Crippen LogP contribution in [0.15, 0.2) is 24.3 Å². The first-order valence-corrected chi connectivity index (χ1v) is 11.1. The highest BCUT2D eigenvalue weighted by atomic mass is 28.4. The SMILES string of the molecule is COc1ccc(/C=C/c2cc(C)[nH]n2)c(O[Si](C)(C)C(C)(C)C)c1. The fourth-order valence-corrected chi connectivity index (χ4v) is 3.03. The summed E-state index contributed by atoms with van der Waals surface area (Å²) in [4.78, 5) is 0. The molecular formula is C19H28N2O2Si. The lowest BCUT2D eigenvalue weighted by atomic mass is 10.1. The summed E-state index contributed by atoms with van der Waals surface area (Å²) in [6.07, 6.45) is 4.03. The van der Waals surface area contributed by atoms with Gasteiger partial charge in [0.15, 0.2) is 0 Å². The molecule has 0 unspecified atom stereocenters. The second kappa shape index (κ2) is 6.85. The lowest BCUT2D eigenvalue weighted by Crippen LogP contribution is -2.44. The summed E-state index contributed by atoms with van der Waals surface area (Å²) >= 11 is 0. The van der Waals surface area contributed by atoms with Crippen molar-refractivity contribution in [1.82, 2.24) is 10.2 Å². The number of hydrogen-bond donors (Lipinski definition) is 1. The van der Waals surface area contributed by atoms with Gasteiger partial charge in [-0.3, -0.25) is 5.10 Å². The summed E-state index contributed by atoms with van der Waals surface area (Å²) in [6.45, 7) is 13.2. The molecule has 130 valence electrons. The third-order valence-corrected chi connectivity index (χ3v) is 8.89. The average molecular weight is 345 g/mol. The summed E-state index contributed by atoms with van der Waals surface area (Å²) in [5.41, 5.74) is 2.98. The maximum absolute atomic E-state index is 6.51. The number of benzene rings is 1. The van der Waals surface area contributed by atoms with Crippen LogP contribution in [0.4, 0.5) is 0 Å². The van der Waals surface area contributed by atoms with Crippen LogP contribution >= 0.6 is 0 Å². The van der Waals surface area contributed by atoms with Crippen molar-refractivity contribution in [3.8, 4) is 11.5 Å². The van der Waals surface area contributed by atoms with Gasteiger partial charge in [0.1, 0.15) is 11.5 Å². The van der Waals surface area contributed by atoms with Crippen LogP contribution in [0.2, 0.25) is 18.1 Å². The van der Waals surface area contributed by atoms with E-state index in [1.165, 1.54) is 0 Å². The van der Waals surface area contributed by atoms with Gasteiger partial charge in [-0.25, -0.2) is 0 Å². The first-order chi connectivity index (χ1) is 11.1. The molecule has 0 atom stereocenters. The Balaban J connectivity index is 2.36. The second-order valence-electron chi connectivity index (χ2n) is 7.58. The van der Waals surface area contributed by atoms with Gasteiger partial charge in [-0.15, -0.1) is 0 Å². The summed E-state index contributed by atoms with van der Waals surface area (Å²) in [5, 5.41) is 7.32. The third kappa shape index (κ3) is 4.29. The number of aromatic amines is 1. The minimum Gasteiger partial charge on any atom is -0.543 e. The van der Waals surface area contributed by atoms with E-state index in [0.717, 1.165) is 28.5 Å². The van der Waals surface area contributed by atoms with Gasteiger partial charge in [0.05, 0.1) is 12.8 Å². The highest BCUT2D eigenvalue weighted by Gasteiger charge is 2.39. The van der Waals surface area contributed by atoms with E-state index in [1.807, 2.05) is 43.3 Å². The summed E-state index contributed by atoms with van der Waals surface area (Å²) in [5.74, 6) is 1.67. The Bertz CT molecular complexity index is 727. The summed E-state index contributed by atoms with van der Waals surface area (Å²) < 4.78 is 11.9. The normalized spacial score (nSPS) is 12.6. The Kier molecular flexibility index (Phi) is 5.23. The van der Waals surface area contributed by atoms with Crippen LogP contribution in [0.5, 0.6) is 11.5 Å². The number of rotatable bonds is 5. The third-order valence-electron chi connectivity index (χ3n) is 4.55. The zero-order chi connectivity index (χ0) is 18.0. The zero-order valence-corrected chi connectivity index (χ0v) is 16.7. The molecule has 0 radical (unpaired) electrons. The second-order valence-corrected chi connectivity index (χ2v) is 12.3. The van der Waals surface area contributed by atoms with E-state index in [4.69, 9.17) is 9.16 Å². The summed E-state index contributed by atoms with van der Waals surface area (Å²) in [7, 11) is -0.254. The number of ether oxygens (including phenoxy) is 1. The molecule has 0 saturated heterocycles. The van der Waals surface area contributed by atoms with Crippen molar-refractivity contribution in [1.29, 1.82) is 0 Å². The van der Waals surface area contributed by atoms with E-state index in [-0.39, 0.29) is 5.04 Å². The van der Waals surface area contributed by atoms with Crippen LogP contribution < -0.4 is 9.16 Å². The first kappa shape index (κ1) is 18.3. The van der Waals surface area contributed by atoms with Crippen LogP contribution in [0.1, 0.15) is 37.7 Å². The highest BCUT2D eigenvalue weighted by Crippen LogP contribution is 2.39. The molecule has 0 aliphatic carbocycles. The van der Waals surface area contributed by atoms with E-state index in [9.17, 15) is 0 Å². The van der Waals surface area contributed by atoms with Crippen molar-refractivity contribution in [3.63, 3.8) is 0 Å². The summed E-state index contributed by atoms with van der Waals surface area (Å²) in [6, 6.07) is 7.95. The first-order valence-electron chi connectivity index (χ1n) is 8.19. The maximum atomic E-state index is 6.51. The van der Waals surface area contributed by atoms with Gasteiger partial charge in [0.25, 0.3) is 8.32 Å². The molecule has 5 heteroatoms. The number of hydrogen-bond acceptors (Lipinski definition) is 3. The molecule has 1 aromatic carbocycles. The van der Waals surface area contributed by atoms with Gasteiger partial charge in [-0.1, -0.05) is 20.8 Å². The number of H-pyrrole nitrogens is 1. The molecule has 1 N–H and O–H groups in total. The van der Waals surface area contributed by atoms with Gasteiger partial charge in [-0.2, -0.15) is 5.10 Å². The number of aryl methyl sites for hydroxylation is 1. The van der Waals surface area contributed by atoms with Crippen LogP contribution in [0.3, 0.4) is 0 Å². The molecule has 4 nitrogen and oxygen atoms in total. The minimum absolute atomic E-state index is 0.135. The van der Waals surface area contributed by atoms with E-state index < -0.39 is 8.32 Å². The van der Waals surface area contributed by atoms with E-state index in [2.05, 4.69) is 44.1 Å². The lowest BCUT2D eigenvalue weighted by molar-refractivity contribution is 0.410. The van der Waals surface area contributed by atoms with Crippen molar-refractivity contribution in [2.24, 2.45) is 0 Å². The standard InChI is InChI=1S/C19H28N2O2Si/c1-14-12-16(21-20-14)10-8-15-9-11-17(22-5)13-18(15)23-24(6,7)19(2,3)4/h8-13H,1-7H3,(H,20,21)/b10-8+. The predicted molar refractivity (Wildman–Crippen MR) is 103 cm³/mol. The molecule has 0 aliphatic heterocycles. The molecule has 24 heavy (non-hydrogen) atoms. The monoisotopic (exact) mass is 344 g/mol. The molecule has 1 aromatic heterocycles. The van der Waals surface area contributed by atoms with Gasteiger partial charge < -0.3 is 9.16 Å². The molecule has 1 heterocycles. The number of aromatic nitrogens is 2. The molecule has 0 fully saturated rings. The molecule has 0 spiro atoms. The van der Waals surface area contributed by atoms with E-state index in [0.29, 0.717) is 0 Å². The topological polar surface area (TPSA) is 47.1 Å². The number of methoxy groups -OCH3 is 1. The fourth-order valence-electron chi connectivity index (χ4n) is 2.00. The van der Waals surface area contributed by atoms with Gasteiger partial charge in [0, 0.05) is 17.3 Å². The minimum atomic E-state index is -1.93. The van der Waals surface area contributed by atoms with Crippen LogP contribution in [0, 0.1) is 6.92 Å². The van der Waals surface area contributed by atoms with Crippen molar-refractivity contribution < 1.29 is 9.16 Å². The Morgan fingerprint density at radius 1 is 1.12 bits per heavy atom. The van der Waals surface area contributed by atoms with E-state index in [1.54, 1.807) is 7.11 Å². The van der Waals surface area contributed by atoms with Crippen molar-refractivity contribution in [2.45, 2.75) is 45.8 Å². The Morgan fingerprint density at radius 3 is 2.38 bits per heavy atom. The van der Waals surface area contributed by atoms with Gasteiger partial charge in [-0.05, 0) is 55.4 Å². The largest absolute Gasteiger partial charge is 0.543 e. The van der Waals surface area contributed by atoms with Gasteiger partial charge >= 0.3 is 0 Å². The molecule has 2 rings (SSSR count). The van der Waals surface area contributed by atoms with Crippen LogP contribution in [-0.2, 0) is 0 Å². The van der Waals surface area contributed by atoms with E-state index >= 15 is 0 Å².